The smallest absolute Gasteiger partial charge is 0.394 e. The predicted molar refractivity (Wildman–Crippen MR) is 74.3 cm³/mol. The second-order valence-corrected chi connectivity index (χ2v) is 4.74. The Morgan fingerprint density at radius 1 is 1.05 bits per heavy atom. The summed E-state index contributed by atoms with van der Waals surface area (Å²) in [6.45, 7) is 2.00. The average Bonchev–Trinajstić information content (AvgIpc) is 2.26. The number of fused-ring (bicyclic) bond motifs is 1. The molecule has 0 radical (unpaired) electrons. The first kappa shape index (κ1) is 17.5. The Hall–Kier alpha value is -1.51. The molecular formula is C12H17NO5S. The van der Waals surface area contributed by atoms with Gasteiger partial charge in [0, 0.05) is 6.04 Å². The molecular weight excluding hydrogens is 270 g/mol. The quantitative estimate of drug-likeness (QED) is 0.681. The van der Waals surface area contributed by atoms with E-state index in [1.165, 1.54) is 16.3 Å². The minimum absolute atomic E-state index is 0. The zero-order valence-corrected chi connectivity index (χ0v) is 11.1. The Balaban J connectivity index is 0.000000471. The van der Waals surface area contributed by atoms with Crippen LogP contribution < -0.4 is 5.73 Å². The van der Waals surface area contributed by atoms with Crippen molar-refractivity contribution in [3.8, 4) is 0 Å². The molecule has 106 valence electrons. The molecule has 19 heavy (non-hydrogen) atoms. The molecule has 0 aromatic heterocycles. The summed E-state index contributed by atoms with van der Waals surface area (Å²) in [5, 5.41) is 2.53. The van der Waals surface area contributed by atoms with Crippen molar-refractivity contribution >= 4 is 21.2 Å². The summed E-state index contributed by atoms with van der Waals surface area (Å²) in [5.74, 6) is 0. The summed E-state index contributed by atoms with van der Waals surface area (Å²) in [6, 6.07) is 14.8. The normalized spacial score (nSPS) is 12.0. The first-order valence-corrected chi connectivity index (χ1v) is 6.61. The highest BCUT2D eigenvalue weighted by atomic mass is 32.3. The van der Waals surface area contributed by atoms with Crippen molar-refractivity contribution in [3.05, 3.63) is 48.0 Å². The van der Waals surface area contributed by atoms with Crippen LogP contribution in [0.5, 0.6) is 0 Å². The van der Waals surface area contributed by atoms with Gasteiger partial charge in [-0.15, -0.1) is 0 Å². The van der Waals surface area contributed by atoms with Gasteiger partial charge in [-0.1, -0.05) is 36.4 Å². The molecule has 6 N–H and O–H groups in total. The summed E-state index contributed by atoms with van der Waals surface area (Å²) in [4.78, 5) is 0. The molecule has 0 amide bonds. The fourth-order valence-electron chi connectivity index (χ4n) is 1.49. The van der Waals surface area contributed by atoms with Crippen molar-refractivity contribution in [2.45, 2.75) is 13.0 Å². The first-order chi connectivity index (χ1) is 8.27. The molecule has 0 saturated carbocycles. The highest BCUT2D eigenvalue weighted by Gasteiger charge is 1.99. The van der Waals surface area contributed by atoms with E-state index in [1.807, 2.05) is 19.1 Å². The molecule has 2 rings (SSSR count). The average molecular weight is 287 g/mol. The first-order valence-electron chi connectivity index (χ1n) is 5.21. The number of hydrogen-bond acceptors (Lipinski definition) is 3. The van der Waals surface area contributed by atoms with E-state index >= 15 is 0 Å². The van der Waals surface area contributed by atoms with Gasteiger partial charge in [0.25, 0.3) is 0 Å². The van der Waals surface area contributed by atoms with Crippen LogP contribution in [0.4, 0.5) is 0 Å². The Morgan fingerprint density at radius 3 is 2.00 bits per heavy atom. The summed E-state index contributed by atoms with van der Waals surface area (Å²) < 4.78 is 31.6. The van der Waals surface area contributed by atoms with Crippen LogP contribution in [0.2, 0.25) is 0 Å². The molecule has 0 saturated heterocycles. The maximum absolute atomic E-state index is 8.74. The van der Waals surface area contributed by atoms with E-state index in [9.17, 15) is 0 Å². The van der Waals surface area contributed by atoms with Crippen LogP contribution in [0.15, 0.2) is 42.5 Å². The third-order valence-electron chi connectivity index (χ3n) is 2.30. The molecule has 0 unspecified atom stereocenters. The molecule has 7 heteroatoms. The van der Waals surface area contributed by atoms with Crippen LogP contribution in [-0.4, -0.2) is 23.0 Å². The van der Waals surface area contributed by atoms with Gasteiger partial charge in [0.05, 0.1) is 0 Å². The lowest BCUT2D eigenvalue weighted by Crippen LogP contribution is -2.04. The molecule has 0 heterocycles. The van der Waals surface area contributed by atoms with E-state index < -0.39 is 10.4 Å². The van der Waals surface area contributed by atoms with Crippen LogP contribution in [-0.2, 0) is 10.4 Å². The van der Waals surface area contributed by atoms with Gasteiger partial charge >= 0.3 is 10.4 Å². The van der Waals surface area contributed by atoms with Crippen molar-refractivity contribution in [3.63, 3.8) is 0 Å². The molecule has 2 aromatic rings. The Kier molecular flexibility index (Phi) is 6.60. The molecule has 6 nitrogen and oxygen atoms in total. The minimum atomic E-state index is -4.67. The Morgan fingerprint density at radius 2 is 1.53 bits per heavy atom. The van der Waals surface area contributed by atoms with Crippen molar-refractivity contribution in [1.82, 2.24) is 0 Å². The third kappa shape index (κ3) is 6.85. The minimum Gasteiger partial charge on any atom is -0.412 e. The number of rotatable bonds is 1. The maximum atomic E-state index is 8.74. The molecule has 1 atom stereocenters. The molecule has 2 aromatic carbocycles. The maximum Gasteiger partial charge on any atom is 0.394 e. The lowest BCUT2D eigenvalue weighted by Gasteiger charge is -2.06. The van der Waals surface area contributed by atoms with E-state index in [-0.39, 0.29) is 11.5 Å². The summed E-state index contributed by atoms with van der Waals surface area (Å²) in [6.07, 6.45) is 0. The SMILES string of the molecule is C[C@H](N)c1ccc2ccccc2c1.O.O=S(=O)(O)O. The lowest BCUT2D eigenvalue weighted by atomic mass is 10.0. The van der Waals surface area contributed by atoms with Crippen molar-refractivity contribution in [1.29, 1.82) is 0 Å². The molecule has 0 aliphatic carbocycles. The zero-order chi connectivity index (χ0) is 13.8. The fraction of sp³-hybridized carbons (Fsp3) is 0.167. The third-order valence-corrected chi connectivity index (χ3v) is 2.30. The molecule has 0 aliphatic heterocycles. The predicted octanol–water partition coefficient (Wildman–Crippen LogP) is 1.38. The van der Waals surface area contributed by atoms with E-state index in [4.69, 9.17) is 23.3 Å². The van der Waals surface area contributed by atoms with Crippen molar-refractivity contribution in [2.24, 2.45) is 5.73 Å². The van der Waals surface area contributed by atoms with Crippen LogP contribution >= 0.6 is 0 Å². The van der Waals surface area contributed by atoms with E-state index in [2.05, 4.69) is 30.3 Å². The van der Waals surface area contributed by atoms with Crippen LogP contribution in [0, 0.1) is 0 Å². The number of hydrogen-bond donors (Lipinski definition) is 3. The van der Waals surface area contributed by atoms with Crippen LogP contribution in [0.25, 0.3) is 10.8 Å². The second kappa shape index (κ2) is 7.17. The molecule has 0 spiro atoms. The summed E-state index contributed by atoms with van der Waals surface area (Å²) >= 11 is 0. The molecule has 0 fully saturated rings. The van der Waals surface area contributed by atoms with E-state index in [0.717, 1.165) is 0 Å². The van der Waals surface area contributed by atoms with Gasteiger partial charge in [0.15, 0.2) is 0 Å². The summed E-state index contributed by atoms with van der Waals surface area (Å²) in [5.41, 5.74) is 7.00. The van der Waals surface area contributed by atoms with Gasteiger partial charge in [-0.2, -0.15) is 8.42 Å². The zero-order valence-electron chi connectivity index (χ0n) is 10.3. The van der Waals surface area contributed by atoms with Gasteiger partial charge in [0.2, 0.25) is 0 Å². The highest BCUT2D eigenvalue weighted by molar-refractivity contribution is 7.79. The number of nitrogens with two attached hydrogens (primary N) is 1. The van der Waals surface area contributed by atoms with Gasteiger partial charge in [0.1, 0.15) is 0 Å². The topological polar surface area (TPSA) is 132 Å². The largest absolute Gasteiger partial charge is 0.412 e. The van der Waals surface area contributed by atoms with Gasteiger partial charge in [-0.05, 0) is 29.3 Å². The standard InChI is InChI=1S/C12H13N.H2O4S.H2O/c1-9(13)11-7-6-10-4-2-3-5-12(10)8-11;1-5(2,3)4;/h2-9H,13H2,1H3;(H2,1,2,3,4);1H2/t9-;;/m0../s1. The Labute approximate surface area is 111 Å². The van der Waals surface area contributed by atoms with E-state index in [0.29, 0.717) is 0 Å². The van der Waals surface area contributed by atoms with Crippen molar-refractivity contribution < 1.29 is 23.0 Å². The number of benzene rings is 2. The molecule has 0 aliphatic rings. The van der Waals surface area contributed by atoms with Crippen LogP contribution in [0.1, 0.15) is 18.5 Å². The highest BCUT2D eigenvalue weighted by Crippen LogP contribution is 2.18. The van der Waals surface area contributed by atoms with Crippen molar-refractivity contribution in [2.75, 3.05) is 0 Å². The fourth-order valence-corrected chi connectivity index (χ4v) is 1.49. The van der Waals surface area contributed by atoms with E-state index in [1.54, 1.807) is 0 Å². The second-order valence-electron chi connectivity index (χ2n) is 3.84. The van der Waals surface area contributed by atoms with Gasteiger partial charge in [-0.3, -0.25) is 9.11 Å². The lowest BCUT2D eigenvalue weighted by molar-refractivity contribution is 0.381. The monoisotopic (exact) mass is 287 g/mol. The van der Waals surface area contributed by atoms with Crippen LogP contribution in [0.3, 0.4) is 0 Å². The van der Waals surface area contributed by atoms with Gasteiger partial charge < -0.3 is 11.2 Å². The Bertz CT molecular complexity index is 617. The summed E-state index contributed by atoms with van der Waals surface area (Å²) in [7, 11) is -4.67. The van der Waals surface area contributed by atoms with Gasteiger partial charge in [-0.25, -0.2) is 0 Å². The molecule has 0 bridgehead atoms.